The summed E-state index contributed by atoms with van der Waals surface area (Å²) in [6.45, 7) is 1.97. The minimum Gasteiger partial charge on any atom is -0.481 e. The third-order valence-corrected chi connectivity index (χ3v) is 5.06. The minimum absolute atomic E-state index is 0.245. The molecule has 6 heteroatoms. The Morgan fingerprint density at radius 2 is 2.00 bits per heavy atom. The van der Waals surface area contributed by atoms with E-state index < -0.39 is 17.8 Å². The summed E-state index contributed by atoms with van der Waals surface area (Å²) < 4.78 is 0.605. The summed E-state index contributed by atoms with van der Waals surface area (Å²) in [5.41, 5.74) is 0.561. The standard InChI is InChI=1S/C14H15BrClNO3/c1-7-5-8(9(6-7)14(19)20)13(18)17-11-4-2-3-10(16)12(11)15/h2-4,7-9H,5-6H2,1H3,(H,17,18)(H,19,20)/t7?,8-,9+/m0/s1. The zero-order chi connectivity index (χ0) is 14.9. The second-order valence-electron chi connectivity index (χ2n) is 5.22. The molecule has 2 rings (SSSR count). The van der Waals surface area contributed by atoms with Crippen molar-refractivity contribution in [1.82, 2.24) is 0 Å². The van der Waals surface area contributed by atoms with Crippen molar-refractivity contribution in [1.29, 1.82) is 0 Å². The first-order valence-corrected chi connectivity index (χ1v) is 7.55. The van der Waals surface area contributed by atoms with Gasteiger partial charge in [0.05, 0.1) is 27.0 Å². The maximum atomic E-state index is 12.3. The van der Waals surface area contributed by atoms with Crippen molar-refractivity contribution in [2.75, 3.05) is 5.32 Å². The molecule has 108 valence electrons. The molecule has 0 aliphatic heterocycles. The van der Waals surface area contributed by atoms with E-state index in [4.69, 9.17) is 11.6 Å². The Hall–Kier alpha value is -1.07. The Kier molecular flexibility index (Phi) is 4.70. The van der Waals surface area contributed by atoms with Crippen LogP contribution in [0.5, 0.6) is 0 Å². The molecule has 0 aromatic heterocycles. The monoisotopic (exact) mass is 359 g/mol. The molecule has 3 atom stereocenters. The van der Waals surface area contributed by atoms with Gasteiger partial charge in [-0.1, -0.05) is 24.6 Å². The van der Waals surface area contributed by atoms with Crippen molar-refractivity contribution in [2.24, 2.45) is 17.8 Å². The van der Waals surface area contributed by atoms with E-state index in [-0.39, 0.29) is 11.8 Å². The van der Waals surface area contributed by atoms with Gasteiger partial charge in [0.15, 0.2) is 0 Å². The molecule has 1 aliphatic rings. The van der Waals surface area contributed by atoms with Crippen molar-refractivity contribution in [3.05, 3.63) is 27.7 Å². The van der Waals surface area contributed by atoms with Crippen LogP contribution in [0.3, 0.4) is 0 Å². The van der Waals surface area contributed by atoms with Crippen LogP contribution in [0.2, 0.25) is 5.02 Å². The lowest BCUT2D eigenvalue weighted by molar-refractivity contribution is -0.145. The van der Waals surface area contributed by atoms with Crippen LogP contribution in [-0.2, 0) is 9.59 Å². The van der Waals surface area contributed by atoms with Gasteiger partial charge in [-0.15, -0.1) is 0 Å². The fourth-order valence-electron chi connectivity index (χ4n) is 2.68. The molecule has 1 amide bonds. The topological polar surface area (TPSA) is 66.4 Å². The van der Waals surface area contributed by atoms with Gasteiger partial charge in [-0.2, -0.15) is 0 Å². The lowest BCUT2D eigenvalue weighted by Gasteiger charge is -2.16. The maximum Gasteiger partial charge on any atom is 0.307 e. The number of carboxylic acids is 1. The molecule has 0 bridgehead atoms. The molecule has 1 fully saturated rings. The zero-order valence-corrected chi connectivity index (χ0v) is 13.2. The van der Waals surface area contributed by atoms with Gasteiger partial charge in [-0.05, 0) is 46.8 Å². The average Bonchev–Trinajstić information content (AvgIpc) is 2.77. The van der Waals surface area contributed by atoms with Gasteiger partial charge in [-0.3, -0.25) is 9.59 Å². The van der Waals surface area contributed by atoms with Gasteiger partial charge in [0.1, 0.15) is 0 Å². The van der Waals surface area contributed by atoms with Crippen LogP contribution < -0.4 is 5.32 Å². The van der Waals surface area contributed by atoms with Crippen LogP contribution in [0.1, 0.15) is 19.8 Å². The fourth-order valence-corrected chi connectivity index (χ4v) is 3.22. The van der Waals surface area contributed by atoms with Gasteiger partial charge in [0.25, 0.3) is 0 Å². The van der Waals surface area contributed by atoms with E-state index in [0.29, 0.717) is 28.0 Å². The van der Waals surface area contributed by atoms with Crippen molar-refractivity contribution in [3.63, 3.8) is 0 Å². The minimum atomic E-state index is -0.903. The largest absolute Gasteiger partial charge is 0.481 e. The van der Waals surface area contributed by atoms with E-state index in [9.17, 15) is 14.7 Å². The highest BCUT2D eigenvalue weighted by molar-refractivity contribution is 9.10. The Balaban J connectivity index is 2.15. The summed E-state index contributed by atoms with van der Waals surface area (Å²) in [4.78, 5) is 23.5. The summed E-state index contributed by atoms with van der Waals surface area (Å²) in [6.07, 6.45) is 1.14. The first-order chi connectivity index (χ1) is 9.40. The van der Waals surface area contributed by atoms with Gasteiger partial charge < -0.3 is 10.4 Å². The average molecular weight is 361 g/mol. The van der Waals surface area contributed by atoms with E-state index in [1.54, 1.807) is 18.2 Å². The quantitative estimate of drug-likeness (QED) is 0.862. The number of hydrogen-bond acceptors (Lipinski definition) is 2. The number of benzene rings is 1. The summed E-state index contributed by atoms with van der Waals surface area (Å²) >= 11 is 9.28. The van der Waals surface area contributed by atoms with Crippen molar-refractivity contribution >= 4 is 45.1 Å². The highest BCUT2D eigenvalue weighted by atomic mass is 79.9. The number of nitrogens with one attached hydrogen (secondary N) is 1. The zero-order valence-electron chi connectivity index (χ0n) is 10.9. The molecule has 0 heterocycles. The normalized spacial score (nSPS) is 25.4. The number of halogens is 2. The van der Waals surface area contributed by atoms with E-state index >= 15 is 0 Å². The molecule has 20 heavy (non-hydrogen) atoms. The molecule has 1 aromatic rings. The Bertz CT molecular complexity index is 549. The Labute approximate surface area is 130 Å². The molecular weight excluding hydrogens is 346 g/mol. The third kappa shape index (κ3) is 3.15. The summed E-state index contributed by atoms with van der Waals surface area (Å²) in [5.74, 6) is -2.02. The van der Waals surface area contributed by atoms with Crippen LogP contribution in [0.25, 0.3) is 0 Å². The Morgan fingerprint density at radius 3 is 2.65 bits per heavy atom. The molecule has 1 aromatic carbocycles. The SMILES string of the molecule is CC1C[C@H](C(=O)Nc2cccc(Cl)c2Br)[C@H](C(=O)O)C1. The maximum absolute atomic E-state index is 12.3. The lowest BCUT2D eigenvalue weighted by Crippen LogP contribution is -2.30. The number of carbonyl (C=O) groups is 2. The van der Waals surface area contributed by atoms with E-state index in [1.807, 2.05) is 6.92 Å². The molecule has 0 radical (unpaired) electrons. The number of rotatable bonds is 3. The van der Waals surface area contributed by atoms with Crippen LogP contribution in [0, 0.1) is 17.8 Å². The highest BCUT2D eigenvalue weighted by Gasteiger charge is 2.41. The number of carbonyl (C=O) groups excluding carboxylic acids is 1. The second-order valence-corrected chi connectivity index (χ2v) is 6.42. The first-order valence-electron chi connectivity index (χ1n) is 6.37. The fraction of sp³-hybridized carbons (Fsp3) is 0.429. The number of carboxylic acid groups (broad SMARTS) is 1. The molecule has 2 N–H and O–H groups in total. The summed E-state index contributed by atoms with van der Waals surface area (Å²) in [6, 6.07) is 5.16. The molecule has 0 spiro atoms. The predicted octanol–water partition coefficient (Wildman–Crippen LogP) is 3.79. The Morgan fingerprint density at radius 1 is 1.35 bits per heavy atom. The molecule has 1 aliphatic carbocycles. The van der Waals surface area contributed by atoms with Crippen molar-refractivity contribution < 1.29 is 14.7 Å². The highest BCUT2D eigenvalue weighted by Crippen LogP contribution is 2.38. The summed E-state index contributed by atoms with van der Waals surface area (Å²) in [7, 11) is 0. The number of amides is 1. The van der Waals surface area contributed by atoms with Gasteiger partial charge in [-0.25, -0.2) is 0 Å². The summed E-state index contributed by atoms with van der Waals surface area (Å²) in [5, 5.41) is 12.5. The van der Waals surface area contributed by atoms with E-state index in [2.05, 4.69) is 21.2 Å². The number of aliphatic carboxylic acids is 1. The number of hydrogen-bond donors (Lipinski definition) is 2. The third-order valence-electron chi connectivity index (χ3n) is 3.66. The molecule has 1 saturated carbocycles. The van der Waals surface area contributed by atoms with Crippen molar-refractivity contribution in [2.45, 2.75) is 19.8 Å². The molecule has 4 nitrogen and oxygen atoms in total. The molecule has 0 saturated heterocycles. The molecule has 1 unspecified atom stereocenters. The van der Waals surface area contributed by atoms with Gasteiger partial charge >= 0.3 is 5.97 Å². The van der Waals surface area contributed by atoms with Crippen molar-refractivity contribution in [3.8, 4) is 0 Å². The first kappa shape index (κ1) is 15.3. The van der Waals surface area contributed by atoms with Crippen LogP contribution in [0.15, 0.2) is 22.7 Å². The predicted molar refractivity (Wildman–Crippen MR) is 80.8 cm³/mol. The molecular formula is C14H15BrClNO3. The number of anilines is 1. The lowest BCUT2D eigenvalue weighted by atomic mass is 9.95. The van der Waals surface area contributed by atoms with E-state index in [1.165, 1.54) is 0 Å². The van der Waals surface area contributed by atoms with E-state index in [0.717, 1.165) is 0 Å². The second kappa shape index (κ2) is 6.14. The van der Waals surface area contributed by atoms with Gasteiger partial charge in [0, 0.05) is 0 Å². The van der Waals surface area contributed by atoms with Crippen LogP contribution in [-0.4, -0.2) is 17.0 Å². The smallest absolute Gasteiger partial charge is 0.307 e. The van der Waals surface area contributed by atoms with Crippen LogP contribution in [0.4, 0.5) is 5.69 Å². The van der Waals surface area contributed by atoms with Gasteiger partial charge in [0.2, 0.25) is 5.91 Å². The van der Waals surface area contributed by atoms with Crippen LogP contribution >= 0.6 is 27.5 Å².